The Morgan fingerprint density at radius 2 is 1.71 bits per heavy atom. The van der Waals surface area contributed by atoms with Crippen LogP contribution in [0.15, 0.2) is 12.2 Å². The highest BCUT2D eigenvalue weighted by atomic mass is 16.6. The number of carbonyl (C=O) groups is 4. The average molecular weight is 396 g/mol. The molecular formula is C20H28O8. The molecule has 1 saturated carbocycles. The third kappa shape index (κ3) is 3.18. The van der Waals surface area contributed by atoms with Crippen molar-refractivity contribution in [3.63, 3.8) is 0 Å². The van der Waals surface area contributed by atoms with Gasteiger partial charge in [0.25, 0.3) is 0 Å². The minimum absolute atomic E-state index is 0.0239. The van der Waals surface area contributed by atoms with E-state index >= 15 is 0 Å². The molecule has 1 saturated heterocycles. The summed E-state index contributed by atoms with van der Waals surface area (Å²) in [6.07, 6.45) is -0.880. The van der Waals surface area contributed by atoms with Crippen molar-refractivity contribution in [1.29, 1.82) is 0 Å². The van der Waals surface area contributed by atoms with E-state index in [0.717, 1.165) is 0 Å². The van der Waals surface area contributed by atoms with Gasteiger partial charge in [0.05, 0.1) is 18.6 Å². The van der Waals surface area contributed by atoms with Crippen LogP contribution in [0.3, 0.4) is 0 Å². The fraction of sp³-hybridized carbons (Fsp3) is 0.700. The van der Waals surface area contributed by atoms with E-state index in [-0.39, 0.29) is 25.2 Å². The molecule has 0 spiro atoms. The summed E-state index contributed by atoms with van der Waals surface area (Å²) in [6.45, 7) is 12.4. The molecule has 3 atom stereocenters. The molecule has 156 valence electrons. The molecule has 8 heteroatoms. The van der Waals surface area contributed by atoms with Gasteiger partial charge >= 0.3 is 23.9 Å². The van der Waals surface area contributed by atoms with Crippen molar-refractivity contribution in [2.45, 2.75) is 65.6 Å². The fourth-order valence-corrected chi connectivity index (χ4v) is 3.88. The lowest BCUT2D eigenvalue weighted by Gasteiger charge is -2.35. The number of ether oxygens (including phenoxy) is 4. The van der Waals surface area contributed by atoms with E-state index in [2.05, 4.69) is 6.58 Å². The molecule has 0 radical (unpaired) electrons. The first-order valence-electron chi connectivity index (χ1n) is 9.43. The van der Waals surface area contributed by atoms with Gasteiger partial charge in [-0.2, -0.15) is 0 Å². The summed E-state index contributed by atoms with van der Waals surface area (Å²) < 4.78 is 20.7. The summed E-state index contributed by atoms with van der Waals surface area (Å²) >= 11 is 0. The Morgan fingerprint density at radius 3 is 2.18 bits per heavy atom. The molecule has 0 aromatic carbocycles. The lowest BCUT2D eigenvalue weighted by molar-refractivity contribution is -0.191. The zero-order chi connectivity index (χ0) is 21.3. The van der Waals surface area contributed by atoms with Gasteiger partial charge in [0.1, 0.15) is 0 Å². The molecule has 0 aromatic heterocycles. The number of fused-ring (bicyclic) bond motifs is 2. The summed E-state index contributed by atoms with van der Waals surface area (Å²) in [7, 11) is 0. The molecule has 0 N–H and O–H groups in total. The van der Waals surface area contributed by atoms with Gasteiger partial charge in [-0.15, -0.1) is 0 Å². The number of esters is 4. The van der Waals surface area contributed by atoms with Gasteiger partial charge in [0.15, 0.2) is 0 Å². The van der Waals surface area contributed by atoms with Gasteiger partial charge in [-0.1, -0.05) is 20.4 Å². The highest BCUT2D eigenvalue weighted by molar-refractivity contribution is 5.95. The lowest BCUT2D eigenvalue weighted by Crippen LogP contribution is -2.50. The van der Waals surface area contributed by atoms with E-state index in [0.29, 0.717) is 12.8 Å². The van der Waals surface area contributed by atoms with Crippen LogP contribution < -0.4 is 0 Å². The first kappa shape index (κ1) is 21.9. The molecular weight excluding hydrogens is 368 g/mol. The Morgan fingerprint density at radius 1 is 1.11 bits per heavy atom. The quantitative estimate of drug-likeness (QED) is 0.349. The summed E-state index contributed by atoms with van der Waals surface area (Å²) in [5.41, 5.74) is -3.12. The van der Waals surface area contributed by atoms with Gasteiger partial charge < -0.3 is 18.9 Å². The van der Waals surface area contributed by atoms with E-state index in [4.69, 9.17) is 18.9 Å². The molecule has 1 aliphatic carbocycles. The van der Waals surface area contributed by atoms with Gasteiger partial charge in [0, 0.05) is 17.4 Å². The van der Waals surface area contributed by atoms with Crippen molar-refractivity contribution in [2.75, 3.05) is 13.2 Å². The van der Waals surface area contributed by atoms with Crippen LogP contribution in [-0.2, 0) is 38.1 Å². The number of hydrogen-bond donors (Lipinski definition) is 0. The van der Waals surface area contributed by atoms with Crippen LogP contribution in [-0.4, -0.2) is 48.8 Å². The average Bonchev–Trinajstić information content (AvgIpc) is 2.91. The Labute approximate surface area is 164 Å². The van der Waals surface area contributed by atoms with E-state index in [9.17, 15) is 19.2 Å². The maximum atomic E-state index is 13.1. The Bertz CT molecular complexity index is 709. The van der Waals surface area contributed by atoms with Gasteiger partial charge in [-0.25, -0.2) is 14.4 Å². The highest BCUT2D eigenvalue weighted by Gasteiger charge is 2.76. The maximum Gasteiger partial charge on any atom is 0.352 e. The van der Waals surface area contributed by atoms with Crippen molar-refractivity contribution >= 4 is 23.9 Å². The van der Waals surface area contributed by atoms with Gasteiger partial charge in [-0.3, -0.25) is 4.79 Å². The van der Waals surface area contributed by atoms with E-state index < -0.39 is 46.4 Å². The molecule has 0 amide bonds. The Balaban J connectivity index is 2.23. The molecule has 8 nitrogen and oxygen atoms in total. The normalized spacial score (nSPS) is 28.2. The molecule has 2 rings (SSSR count). The molecule has 0 aromatic rings. The maximum absolute atomic E-state index is 13.1. The summed E-state index contributed by atoms with van der Waals surface area (Å²) in [5.74, 6) is -2.77. The largest absolute Gasteiger partial charge is 0.463 e. The van der Waals surface area contributed by atoms with Crippen LogP contribution in [0.25, 0.3) is 0 Å². The smallest absolute Gasteiger partial charge is 0.352 e. The molecule has 1 aliphatic heterocycles. The second-order valence-electron chi connectivity index (χ2n) is 7.85. The van der Waals surface area contributed by atoms with E-state index in [1.165, 1.54) is 0 Å². The monoisotopic (exact) mass is 396 g/mol. The zero-order valence-electron chi connectivity index (χ0n) is 17.1. The highest BCUT2D eigenvalue weighted by Crippen LogP contribution is 2.65. The van der Waals surface area contributed by atoms with Crippen LogP contribution in [0.2, 0.25) is 0 Å². The topological polar surface area (TPSA) is 105 Å². The molecule has 28 heavy (non-hydrogen) atoms. The number of rotatable bonds is 8. The van der Waals surface area contributed by atoms with Crippen LogP contribution in [0.4, 0.5) is 0 Å². The lowest BCUT2D eigenvalue weighted by atomic mass is 9.66. The minimum atomic E-state index is -1.48. The summed E-state index contributed by atoms with van der Waals surface area (Å²) in [5, 5.41) is 0. The third-order valence-electron chi connectivity index (χ3n) is 6.21. The molecule has 2 unspecified atom stereocenters. The van der Waals surface area contributed by atoms with Gasteiger partial charge in [-0.05, 0) is 33.6 Å². The van der Waals surface area contributed by atoms with Crippen LogP contribution >= 0.6 is 0 Å². The van der Waals surface area contributed by atoms with Crippen LogP contribution in [0.1, 0.15) is 53.9 Å². The fourth-order valence-electron chi connectivity index (χ4n) is 3.88. The van der Waals surface area contributed by atoms with E-state index in [1.54, 1.807) is 34.6 Å². The standard InChI is InChI=1S/C20H28O8/c1-7-25-14(21)12(3)11-13(15(22)26-8-2)27-17(24)20-10-9-19(6,16(23)28-20)18(20,4)5/h13H,3,7-11H2,1-2,4-6H3/t13?,19?,20-/m0/s1. The first-order chi connectivity index (χ1) is 13.0. The van der Waals surface area contributed by atoms with Crippen molar-refractivity contribution in [2.24, 2.45) is 10.8 Å². The van der Waals surface area contributed by atoms with Crippen molar-refractivity contribution in [1.82, 2.24) is 0 Å². The summed E-state index contributed by atoms with van der Waals surface area (Å²) in [4.78, 5) is 49.6. The molecule has 1 heterocycles. The number of hydrogen-bond acceptors (Lipinski definition) is 8. The third-order valence-corrected chi connectivity index (χ3v) is 6.21. The second kappa shape index (κ2) is 7.56. The minimum Gasteiger partial charge on any atom is -0.463 e. The SMILES string of the molecule is C=C(CC(OC(=O)[C@]12CCC(C)(C(=O)O1)C2(C)C)C(=O)OCC)C(=O)OCC. The number of carbonyl (C=O) groups excluding carboxylic acids is 4. The van der Waals surface area contributed by atoms with Crippen LogP contribution in [0, 0.1) is 10.8 Å². The summed E-state index contributed by atoms with van der Waals surface area (Å²) in [6, 6.07) is 0. The molecule has 2 aliphatic rings. The van der Waals surface area contributed by atoms with Gasteiger partial charge in [0.2, 0.25) is 11.7 Å². The van der Waals surface area contributed by atoms with Crippen molar-refractivity contribution in [3.8, 4) is 0 Å². The zero-order valence-corrected chi connectivity index (χ0v) is 17.1. The first-order valence-corrected chi connectivity index (χ1v) is 9.43. The second-order valence-corrected chi connectivity index (χ2v) is 7.85. The molecule has 2 fully saturated rings. The predicted molar refractivity (Wildman–Crippen MR) is 96.8 cm³/mol. The van der Waals surface area contributed by atoms with Crippen molar-refractivity contribution < 1.29 is 38.1 Å². The predicted octanol–water partition coefficient (Wildman–Crippen LogP) is 2.09. The molecule has 2 bridgehead atoms. The Hall–Kier alpha value is -2.38. The van der Waals surface area contributed by atoms with E-state index in [1.807, 2.05) is 0 Å². The Kier molecular flexibility index (Phi) is 5.92. The van der Waals surface area contributed by atoms with Crippen LogP contribution in [0.5, 0.6) is 0 Å². The van der Waals surface area contributed by atoms with Crippen molar-refractivity contribution in [3.05, 3.63) is 12.2 Å².